The Morgan fingerprint density at radius 1 is 1.39 bits per heavy atom. The van der Waals surface area contributed by atoms with Crippen LogP contribution in [0.2, 0.25) is 5.02 Å². The van der Waals surface area contributed by atoms with E-state index < -0.39 is 12.7 Å². The monoisotopic (exact) mass is 343 g/mol. The van der Waals surface area contributed by atoms with Crippen molar-refractivity contribution < 1.29 is 13.2 Å². The van der Waals surface area contributed by atoms with Gasteiger partial charge in [0, 0.05) is 9.50 Å². The second-order valence-corrected chi connectivity index (χ2v) is 5.61. The third kappa shape index (κ3) is 6.07. The van der Waals surface area contributed by atoms with Gasteiger partial charge in [0.25, 0.3) is 0 Å². The van der Waals surface area contributed by atoms with Crippen LogP contribution in [0.4, 0.5) is 13.2 Å². The molecule has 0 spiro atoms. The van der Waals surface area contributed by atoms with Crippen LogP contribution < -0.4 is 5.32 Å². The third-order valence-electron chi connectivity index (χ3n) is 2.40. The van der Waals surface area contributed by atoms with E-state index in [4.69, 9.17) is 11.6 Å². The van der Waals surface area contributed by atoms with E-state index in [0.29, 0.717) is 18.0 Å². The zero-order valence-electron chi connectivity index (χ0n) is 9.82. The number of halogens is 5. The van der Waals surface area contributed by atoms with Crippen molar-refractivity contribution >= 4 is 27.5 Å². The molecule has 0 saturated heterocycles. The van der Waals surface area contributed by atoms with Gasteiger partial charge in [-0.05, 0) is 36.6 Å². The van der Waals surface area contributed by atoms with Crippen molar-refractivity contribution in [3.63, 3.8) is 0 Å². The molecule has 0 aliphatic heterocycles. The lowest BCUT2D eigenvalue weighted by Crippen LogP contribution is -2.32. The molecule has 0 saturated carbocycles. The number of hydrogen-bond donors (Lipinski definition) is 1. The molecule has 1 rings (SSSR count). The second-order valence-electron chi connectivity index (χ2n) is 4.29. The van der Waals surface area contributed by atoms with Crippen molar-refractivity contribution in [2.75, 3.05) is 13.1 Å². The molecule has 1 aromatic carbocycles. The molecule has 0 heterocycles. The van der Waals surface area contributed by atoms with Crippen LogP contribution in [0.3, 0.4) is 0 Å². The van der Waals surface area contributed by atoms with Gasteiger partial charge in [-0.15, -0.1) is 0 Å². The summed E-state index contributed by atoms with van der Waals surface area (Å²) < 4.78 is 36.7. The molecule has 18 heavy (non-hydrogen) atoms. The molecule has 0 aliphatic rings. The van der Waals surface area contributed by atoms with Crippen LogP contribution in [0.15, 0.2) is 22.7 Å². The minimum atomic E-state index is -4.16. The lowest BCUT2D eigenvalue weighted by Gasteiger charge is -2.15. The van der Waals surface area contributed by atoms with E-state index in [0.717, 1.165) is 10.0 Å². The minimum Gasteiger partial charge on any atom is -0.308 e. The van der Waals surface area contributed by atoms with Crippen LogP contribution in [-0.2, 0) is 6.42 Å². The van der Waals surface area contributed by atoms with Crippen molar-refractivity contribution in [1.29, 1.82) is 0 Å². The molecule has 0 fully saturated rings. The van der Waals surface area contributed by atoms with E-state index in [9.17, 15) is 13.2 Å². The van der Waals surface area contributed by atoms with Gasteiger partial charge in [-0.3, -0.25) is 0 Å². The lowest BCUT2D eigenvalue weighted by atomic mass is 10.0. The van der Waals surface area contributed by atoms with Crippen molar-refractivity contribution in [2.45, 2.75) is 19.5 Å². The fraction of sp³-hybridized carbons (Fsp3) is 0.500. The standard InChI is InChI=1S/C12H14BrClF3N/c1-8(6-18-7-12(15,16)17)4-9-2-3-10(13)5-11(9)14/h2-3,5,8,18H,4,6-7H2,1H3. The summed E-state index contributed by atoms with van der Waals surface area (Å²) in [6.45, 7) is 1.25. The highest BCUT2D eigenvalue weighted by Gasteiger charge is 2.26. The second kappa shape index (κ2) is 6.78. The molecular weight excluding hydrogens is 330 g/mol. The van der Waals surface area contributed by atoms with Gasteiger partial charge >= 0.3 is 6.18 Å². The topological polar surface area (TPSA) is 12.0 Å². The summed E-state index contributed by atoms with van der Waals surface area (Å²) in [7, 11) is 0. The number of hydrogen-bond acceptors (Lipinski definition) is 1. The van der Waals surface area contributed by atoms with Gasteiger partial charge in [-0.2, -0.15) is 13.2 Å². The van der Waals surface area contributed by atoms with E-state index in [1.165, 1.54) is 0 Å². The van der Waals surface area contributed by atoms with Crippen LogP contribution in [0.1, 0.15) is 12.5 Å². The summed E-state index contributed by atoms with van der Waals surface area (Å²) in [6, 6.07) is 5.54. The number of nitrogens with one attached hydrogen (secondary N) is 1. The van der Waals surface area contributed by atoms with E-state index in [-0.39, 0.29) is 5.92 Å². The highest BCUT2D eigenvalue weighted by molar-refractivity contribution is 9.10. The SMILES string of the molecule is CC(CNCC(F)(F)F)Cc1ccc(Br)cc1Cl. The molecule has 102 valence electrons. The summed E-state index contributed by atoms with van der Waals surface area (Å²) in [5.41, 5.74) is 0.946. The molecule has 0 amide bonds. The van der Waals surface area contributed by atoms with Gasteiger partial charge in [-0.25, -0.2) is 0 Å². The Kier molecular flexibility index (Phi) is 5.95. The zero-order valence-corrected chi connectivity index (χ0v) is 12.2. The van der Waals surface area contributed by atoms with Crippen LogP contribution in [0.25, 0.3) is 0 Å². The van der Waals surface area contributed by atoms with Gasteiger partial charge in [0.2, 0.25) is 0 Å². The number of rotatable bonds is 5. The Labute approximate surface area is 118 Å². The quantitative estimate of drug-likeness (QED) is 0.833. The summed E-state index contributed by atoms with van der Waals surface area (Å²) in [5, 5.41) is 3.03. The van der Waals surface area contributed by atoms with Crippen LogP contribution >= 0.6 is 27.5 Å². The molecule has 1 atom stereocenters. The smallest absolute Gasteiger partial charge is 0.308 e. The predicted octanol–water partition coefficient (Wildman–Crippen LogP) is 4.43. The summed E-state index contributed by atoms with van der Waals surface area (Å²) in [4.78, 5) is 0. The average molecular weight is 345 g/mol. The largest absolute Gasteiger partial charge is 0.401 e. The van der Waals surface area contributed by atoms with E-state index in [1.54, 1.807) is 6.07 Å². The minimum absolute atomic E-state index is 0.0889. The molecule has 0 aromatic heterocycles. The molecular formula is C12H14BrClF3N. The molecule has 1 nitrogen and oxygen atoms in total. The molecule has 0 radical (unpaired) electrons. The first-order valence-corrected chi connectivity index (χ1v) is 6.66. The Morgan fingerprint density at radius 2 is 2.06 bits per heavy atom. The maximum Gasteiger partial charge on any atom is 0.401 e. The van der Waals surface area contributed by atoms with Crippen molar-refractivity contribution in [3.8, 4) is 0 Å². The zero-order chi connectivity index (χ0) is 13.8. The van der Waals surface area contributed by atoms with Crippen molar-refractivity contribution in [3.05, 3.63) is 33.3 Å². The van der Waals surface area contributed by atoms with E-state index >= 15 is 0 Å². The third-order valence-corrected chi connectivity index (χ3v) is 3.25. The molecule has 0 bridgehead atoms. The maximum absolute atomic E-state index is 12.0. The first kappa shape index (κ1) is 15.8. The lowest BCUT2D eigenvalue weighted by molar-refractivity contribution is -0.125. The Hall–Kier alpha value is -0.260. The molecule has 6 heteroatoms. The predicted molar refractivity (Wildman–Crippen MR) is 70.9 cm³/mol. The van der Waals surface area contributed by atoms with Crippen LogP contribution in [-0.4, -0.2) is 19.3 Å². The van der Waals surface area contributed by atoms with Crippen molar-refractivity contribution in [1.82, 2.24) is 5.32 Å². The fourth-order valence-electron chi connectivity index (χ4n) is 1.60. The van der Waals surface area contributed by atoms with Gasteiger partial charge in [0.05, 0.1) is 6.54 Å². The van der Waals surface area contributed by atoms with E-state index in [1.807, 2.05) is 19.1 Å². The average Bonchev–Trinajstić information content (AvgIpc) is 2.20. The summed E-state index contributed by atoms with van der Waals surface area (Å²) >= 11 is 9.35. The normalized spacial score (nSPS) is 13.7. The van der Waals surface area contributed by atoms with Crippen LogP contribution in [0, 0.1) is 5.92 Å². The Morgan fingerprint density at radius 3 is 2.61 bits per heavy atom. The highest BCUT2D eigenvalue weighted by atomic mass is 79.9. The van der Waals surface area contributed by atoms with Crippen molar-refractivity contribution in [2.24, 2.45) is 5.92 Å². The summed E-state index contributed by atoms with van der Waals surface area (Å²) in [5.74, 6) is 0.0889. The van der Waals surface area contributed by atoms with Gasteiger partial charge in [-0.1, -0.05) is 40.5 Å². The fourth-order valence-corrected chi connectivity index (χ4v) is 2.35. The first-order valence-electron chi connectivity index (χ1n) is 5.49. The molecule has 1 N–H and O–H groups in total. The van der Waals surface area contributed by atoms with Gasteiger partial charge in [0.15, 0.2) is 0 Å². The Balaban J connectivity index is 2.42. The Bertz CT molecular complexity index is 395. The van der Waals surface area contributed by atoms with Crippen LogP contribution in [0.5, 0.6) is 0 Å². The molecule has 1 aromatic rings. The summed E-state index contributed by atoms with van der Waals surface area (Å²) in [6.07, 6.45) is -3.51. The maximum atomic E-state index is 12.0. The number of alkyl halides is 3. The van der Waals surface area contributed by atoms with E-state index in [2.05, 4.69) is 21.2 Å². The van der Waals surface area contributed by atoms with Gasteiger partial charge in [0.1, 0.15) is 0 Å². The number of benzene rings is 1. The molecule has 1 unspecified atom stereocenters. The molecule has 0 aliphatic carbocycles. The highest BCUT2D eigenvalue weighted by Crippen LogP contribution is 2.23. The first-order chi connectivity index (χ1) is 8.28. The van der Waals surface area contributed by atoms with Gasteiger partial charge < -0.3 is 5.32 Å².